The third-order valence-electron chi connectivity index (χ3n) is 1.90. The van der Waals surface area contributed by atoms with E-state index in [9.17, 15) is 0 Å². The molecule has 0 aromatic heterocycles. The van der Waals surface area contributed by atoms with E-state index in [4.69, 9.17) is 10.6 Å². The third kappa shape index (κ3) is 4.63. The number of hydrogen-bond acceptors (Lipinski definition) is 3. The fourth-order valence-electron chi connectivity index (χ4n) is 1.15. The van der Waals surface area contributed by atoms with Gasteiger partial charge >= 0.3 is 0 Å². The van der Waals surface area contributed by atoms with Gasteiger partial charge in [-0.1, -0.05) is 24.3 Å². The highest BCUT2D eigenvalue weighted by atomic mass is 16.6. The summed E-state index contributed by atoms with van der Waals surface area (Å²) >= 11 is 0. The van der Waals surface area contributed by atoms with Gasteiger partial charge in [0.2, 0.25) is 0 Å². The number of nitrogens with one attached hydrogen (secondary N) is 1. The molecule has 0 saturated carbocycles. The largest absolute Gasteiger partial charge is 0.330 e. The Morgan fingerprint density at radius 3 is 2.60 bits per heavy atom. The summed E-state index contributed by atoms with van der Waals surface area (Å²) in [5.74, 6) is 0. The van der Waals surface area contributed by atoms with Gasteiger partial charge in [-0.2, -0.15) is 0 Å². The minimum Gasteiger partial charge on any atom is -0.330 e. The number of rotatable bonds is 6. The Morgan fingerprint density at radius 1 is 1.40 bits per heavy atom. The molecule has 0 aliphatic rings. The second-order valence-corrected chi connectivity index (χ2v) is 3.58. The summed E-state index contributed by atoms with van der Waals surface area (Å²) < 4.78 is 0. The summed E-state index contributed by atoms with van der Waals surface area (Å²) in [6.45, 7) is 6.87. The lowest BCUT2D eigenvalue weighted by Crippen LogP contribution is -2.04. The van der Waals surface area contributed by atoms with E-state index in [1.54, 1.807) is 0 Å². The molecule has 0 bridgehead atoms. The molecule has 3 nitrogen and oxygen atoms in total. The summed E-state index contributed by atoms with van der Waals surface area (Å²) in [6, 6.07) is 8.03. The lowest BCUT2D eigenvalue weighted by atomic mass is 10.1. The maximum atomic E-state index is 5.46. The molecule has 0 amide bonds. The van der Waals surface area contributed by atoms with E-state index in [1.807, 2.05) is 31.2 Å². The first kappa shape index (κ1) is 11.8. The Morgan fingerprint density at radius 2 is 2.07 bits per heavy atom. The van der Waals surface area contributed by atoms with Crippen molar-refractivity contribution in [1.82, 2.24) is 0 Å². The maximum Gasteiger partial charge on any atom is 0.0951 e. The van der Waals surface area contributed by atoms with Gasteiger partial charge < -0.3 is 5.73 Å². The van der Waals surface area contributed by atoms with Crippen LogP contribution in [0.4, 0.5) is 5.69 Å². The van der Waals surface area contributed by atoms with Crippen molar-refractivity contribution in [1.29, 1.82) is 0 Å². The first-order chi connectivity index (χ1) is 7.22. The quantitative estimate of drug-likeness (QED) is 0.553. The monoisotopic (exact) mass is 206 g/mol. The molecule has 0 radical (unpaired) electrons. The average Bonchev–Trinajstić information content (AvgIpc) is 2.20. The molecule has 1 rings (SSSR count). The van der Waals surface area contributed by atoms with Crippen LogP contribution < -0.4 is 11.2 Å². The summed E-state index contributed by atoms with van der Waals surface area (Å²) in [5.41, 5.74) is 11.5. The Kier molecular flexibility index (Phi) is 4.87. The van der Waals surface area contributed by atoms with E-state index in [1.165, 1.54) is 5.56 Å². The van der Waals surface area contributed by atoms with Gasteiger partial charge in [-0.25, -0.2) is 0 Å². The number of anilines is 1. The van der Waals surface area contributed by atoms with E-state index in [0.717, 1.165) is 17.7 Å². The summed E-state index contributed by atoms with van der Waals surface area (Å²) in [4.78, 5) is 5.21. The molecule has 0 aliphatic carbocycles. The highest BCUT2D eigenvalue weighted by Gasteiger charge is 1.93. The zero-order chi connectivity index (χ0) is 11.1. The van der Waals surface area contributed by atoms with Crippen molar-refractivity contribution in [3.8, 4) is 0 Å². The minimum absolute atomic E-state index is 0.518. The summed E-state index contributed by atoms with van der Waals surface area (Å²) in [5, 5.41) is 0. The van der Waals surface area contributed by atoms with E-state index in [2.05, 4.69) is 12.1 Å². The van der Waals surface area contributed by atoms with Crippen molar-refractivity contribution >= 4 is 5.69 Å². The van der Waals surface area contributed by atoms with Gasteiger partial charge in [-0.3, -0.25) is 10.3 Å². The molecule has 1 aromatic rings. The smallest absolute Gasteiger partial charge is 0.0951 e. The standard InChI is InChI=1S/C12H18N2O/c1-10(2)9-15-14-12-5-3-11(4-6-12)7-8-13/h3-6,14H,1,7-9,13H2,2H3. The van der Waals surface area contributed by atoms with Crippen LogP contribution >= 0.6 is 0 Å². The first-order valence-corrected chi connectivity index (χ1v) is 5.03. The molecule has 1 aromatic carbocycles. The molecule has 0 heterocycles. The lowest BCUT2D eigenvalue weighted by molar-refractivity contribution is 0.221. The predicted octanol–water partition coefficient (Wildman–Crippen LogP) is 2.11. The van der Waals surface area contributed by atoms with Crippen molar-refractivity contribution in [3.63, 3.8) is 0 Å². The van der Waals surface area contributed by atoms with Crippen molar-refractivity contribution in [2.24, 2.45) is 5.73 Å². The highest BCUT2D eigenvalue weighted by molar-refractivity contribution is 5.42. The average molecular weight is 206 g/mol. The third-order valence-corrected chi connectivity index (χ3v) is 1.90. The van der Waals surface area contributed by atoms with E-state index in [-0.39, 0.29) is 0 Å². The Bertz CT molecular complexity index is 306. The van der Waals surface area contributed by atoms with Crippen LogP contribution in [-0.2, 0) is 11.3 Å². The molecule has 0 saturated heterocycles. The number of nitrogens with two attached hydrogens (primary N) is 1. The molecular formula is C12H18N2O. The molecule has 0 atom stereocenters. The molecule has 0 fully saturated rings. The van der Waals surface area contributed by atoms with Gasteiger partial charge in [0.15, 0.2) is 0 Å². The van der Waals surface area contributed by atoms with Crippen LogP contribution in [0, 0.1) is 0 Å². The fraction of sp³-hybridized carbons (Fsp3) is 0.333. The second-order valence-electron chi connectivity index (χ2n) is 3.58. The van der Waals surface area contributed by atoms with Crippen molar-refractivity contribution in [3.05, 3.63) is 42.0 Å². The Balaban J connectivity index is 2.39. The molecule has 0 unspecified atom stereocenters. The Labute approximate surface area is 90.9 Å². The normalized spacial score (nSPS) is 10.0. The topological polar surface area (TPSA) is 47.3 Å². The minimum atomic E-state index is 0.518. The fourth-order valence-corrected chi connectivity index (χ4v) is 1.15. The first-order valence-electron chi connectivity index (χ1n) is 5.03. The van der Waals surface area contributed by atoms with Gasteiger partial charge in [0, 0.05) is 0 Å². The molecule has 0 spiro atoms. The second kappa shape index (κ2) is 6.22. The number of benzene rings is 1. The van der Waals surface area contributed by atoms with Gasteiger partial charge in [0.05, 0.1) is 12.3 Å². The zero-order valence-corrected chi connectivity index (χ0v) is 9.12. The van der Waals surface area contributed by atoms with E-state index in [0.29, 0.717) is 13.2 Å². The molecule has 3 heteroatoms. The van der Waals surface area contributed by atoms with Crippen LogP contribution in [0.25, 0.3) is 0 Å². The molecule has 82 valence electrons. The molecular weight excluding hydrogens is 188 g/mol. The van der Waals surface area contributed by atoms with Gasteiger partial charge in [-0.15, -0.1) is 0 Å². The van der Waals surface area contributed by atoms with Crippen molar-refractivity contribution < 1.29 is 4.84 Å². The van der Waals surface area contributed by atoms with E-state index < -0.39 is 0 Å². The van der Waals surface area contributed by atoms with Crippen LogP contribution in [0.3, 0.4) is 0 Å². The molecule has 15 heavy (non-hydrogen) atoms. The van der Waals surface area contributed by atoms with Crippen molar-refractivity contribution in [2.75, 3.05) is 18.6 Å². The summed E-state index contributed by atoms with van der Waals surface area (Å²) in [6.07, 6.45) is 0.910. The Hall–Kier alpha value is -1.32. The maximum absolute atomic E-state index is 5.46. The molecule has 3 N–H and O–H groups in total. The van der Waals surface area contributed by atoms with Crippen LogP contribution in [0.5, 0.6) is 0 Å². The van der Waals surface area contributed by atoms with Crippen molar-refractivity contribution in [2.45, 2.75) is 13.3 Å². The molecule has 0 aliphatic heterocycles. The summed E-state index contributed by atoms with van der Waals surface area (Å²) in [7, 11) is 0. The van der Waals surface area contributed by atoms with E-state index >= 15 is 0 Å². The van der Waals surface area contributed by atoms with Crippen LogP contribution in [-0.4, -0.2) is 13.2 Å². The van der Waals surface area contributed by atoms with Crippen LogP contribution in [0.2, 0.25) is 0 Å². The van der Waals surface area contributed by atoms with Gasteiger partial charge in [0.25, 0.3) is 0 Å². The van der Waals surface area contributed by atoms with Gasteiger partial charge in [0.1, 0.15) is 0 Å². The van der Waals surface area contributed by atoms with Crippen LogP contribution in [0.1, 0.15) is 12.5 Å². The highest BCUT2D eigenvalue weighted by Crippen LogP contribution is 2.09. The predicted molar refractivity (Wildman–Crippen MR) is 63.6 cm³/mol. The lowest BCUT2D eigenvalue weighted by Gasteiger charge is -2.07. The zero-order valence-electron chi connectivity index (χ0n) is 9.12. The van der Waals surface area contributed by atoms with Gasteiger partial charge in [-0.05, 0) is 37.6 Å². The van der Waals surface area contributed by atoms with Crippen LogP contribution in [0.15, 0.2) is 36.4 Å². The SMILES string of the molecule is C=C(C)CONc1ccc(CCN)cc1. The number of hydrogen-bond donors (Lipinski definition) is 2.